The number of amides is 2. The molecule has 3 rings (SSSR count). The SMILES string of the molecule is CCOc1ccc(C(=O)NCC(=O)N/N=C\c2cc(Br)ccc2OC(=O)c2ccc(OC)c(OC)c2)cc1. The first-order valence-electron chi connectivity index (χ1n) is 11.4. The Labute approximate surface area is 228 Å². The van der Waals surface area contributed by atoms with Crippen LogP contribution in [-0.4, -0.2) is 51.4 Å². The van der Waals surface area contributed by atoms with E-state index in [0.717, 1.165) is 0 Å². The van der Waals surface area contributed by atoms with Crippen molar-refractivity contribution >= 4 is 39.9 Å². The standard InChI is InChI=1S/C27H26BrN3O7/c1-4-37-21-9-5-17(6-10-21)26(33)29-16-25(32)31-30-15-19-13-20(28)8-12-22(19)38-27(34)18-7-11-23(35-2)24(14-18)36-3/h5-15H,4,16H2,1-3H3,(H,29,33)(H,31,32)/b30-15-. The van der Waals surface area contributed by atoms with Crippen molar-refractivity contribution in [3.8, 4) is 23.0 Å². The van der Waals surface area contributed by atoms with Gasteiger partial charge in [0.15, 0.2) is 11.5 Å². The lowest BCUT2D eigenvalue weighted by molar-refractivity contribution is -0.120. The van der Waals surface area contributed by atoms with Gasteiger partial charge >= 0.3 is 5.97 Å². The molecule has 0 unspecified atom stereocenters. The van der Waals surface area contributed by atoms with E-state index in [1.54, 1.807) is 54.6 Å². The summed E-state index contributed by atoms with van der Waals surface area (Å²) in [6.45, 7) is 2.10. The first kappa shape index (κ1) is 28.2. The molecule has 198 valence electrons. The van der Waals surface area contributed by atoms with E-state index in [0.29, 0.717) is 39.5 Å². The van der Waals surface area contributed by atoms with Gasteiger partial charge in [0.2, 0.25) is 0 Å². The smallest absolute Gasteiger partial charge is 0.343 e. The Hall–Kier alpha value is -4.38. The molecule has 10 nitrogen and oxygen atoms in total. The second-order valence-electron chi connectivity index (χ2n) is 7.57. The van der Waals surface area contributed by atoms with Gasteiger partial charge in [-0.05, 0) is 67.6 Å². The van der Waals surface area contributed by atoms with Crippen LogP contribution in [0.1, 0.15) is 33.2 Å². The third-order valence-corrected chi connectivity index (χ3v) is 5.52. The first-order chi connectivity index (χ1) is 18.3. The highest BCUT2D eigenvalue weighted by molar-refractivity contribution is 9.10. The van der Waals surface area contributed by atoms with Crippen LogP contribution < -0.4 is 29.7 Å². The van der Waals surface area contributed by atoms with Crippen molar-refractivity contribution in [1.82, 2.24) is 10.7 Å². The molecule has 0 aliphatic carbocycles. The number of hydrogen-bond acceptors (Lipinski definition) is 8. The number of halogens is 1. The summed E-state index contributed by atoms with van der Waals surface area (Å²) in [5.74, 6) is 0.155. The number of methoxy groups -OCH3 is 2. The lowest BCUT2D eigenvalue weighted by Crippen LogP contribution is -2.34. The number of hydrazone groups is 1. The zero-order chi connectivity index (χ0) is 27.5. The highest BCUT2D eigenvalue weighted by Crippen LogP contribution is 2.29. The van der Waals surface area contributed by atoms with Gasteiger partial charge in [-0.3, -0.25) is 9.59 Å². The van der Waals surface area contributed by atoms with E-state index in [2.05, 4.69) is 31.8 Å². The molecule has 0 aliphatic heterocycles. The number of nitrogens with one attached hydrogen (secondary N) is 2. The fraction of sp³-hybridized carbons (Fsp3) is 0.185. The summed E-state index contributed by atoms with van der Waals surface area (Å²) in [7, 11) is 2.97. The van der Waals surface area contributed by atoms with E-state index < -0.39 is 17.8 Å². The molecule has 0 aromatic heterocycles. The van der Waals surface area contributed by atoms with Gasteiger partial charge in [0.05, 0.1) is 39.1 Å². The molecular weight excluding hydrogens is 558 g/mol. The highest BCUT2D eigenvalue weighted by atomic mass is 79.9. The van der Waals surface area contributed by atoms with Crippen LogP contribution in [0.25, 0.3) is 0 Å². The summed E-state index contributed by atoms with van der Waals surface area (Å²) in [5.41, 5.74) is 3.40. The lowest BCUT2D eigenvalue weighted by Gasteiger charge is -2.11. The first-order valence-corrected chi connectivity index (χ1v) is 12.2. The van der Waals surface area contributed by atoms with Crippen LogP contribution in [0.5, 0.6) is 23.0 Å². The molecule has 3 aromatic rings. The summed E-state index contributed by atoms with van der Waals surface area (Å²) >= 11 is 3.36. The maximum absolute atomic E-state index is 12.7. The van der Waals surface area contributed by atoms with Crippen LogP contribution in [0.15, 0.2) is 70.2 Å². The number of carbonyl (C=O) groups is 3. The number of carbonyl (C=O) groups excluding carboxylic acids is 3. The van der Waals surface area contributed by atoms with Crippen LogP contribution in [0.3, 0.4) is 0 Å². The Morgan fingerprint density at radius 1 is 0.895 bits per heavy atom. The highest BCUT2D eigenvalue weighted by Gasteiger charge is 2.15. The van der Waals surface area contributed by atoms with Crippen LogP contribution in [0, 0.1) is 0 Å². The summed E-state index contributed by atoms with van der Waals surface area (Å²) in [6.07, 6.45) is 1.33. The van der Waals surface area contributed by atoms with Crippen LogP contribution in [-0.2, 0) is 4.79 Å². The Kier molecular flexibility index (Phi) is 10.2. The summed E-state index contributed by atoms with van der Waals surface area (Å²) in [4.78, 5) is 37.1. The Morgan fingerprint density at radius 3 is 2.26 bits per heavy atom. The van der Waals surface area contributed by atoms with Gasteiger partial charge in [0.1, 0.15) is 11.5 Å². The van der Waals surface area contributed by atoms with Gasteiger partial charge in [0, 0.05) is 15.6 Å². The van der Waals surface area contributed by atoms with Gasteiger partial charge in [-0.2, -0.15) is 5.10 Å². The number of rotatable bonds is 11. The molecule has 2 N–H and O–H groups in total. The number of benzene rings is 3. The Bertz CT molecular complexity index is 1330. The molecular formula is C27H26BrN3O7. The largest absolute Gasteiger partial charge is 0.494 e. The lowest BCUT2D eigenvalue weighted by atomic mass is 10.2. The van der Waals surface area contributed by atoms with Crippen molar-refractivity contribution < 1.29 is 33.3 Å². The van der Waals surface area contributed by atoms with Crippen molar-refractivity contribution in [1.29, 1.82) is 0 Å². The molecule has 0 fully saturated rings. The van der Waals surface area contributed by atoms with Gasteiger partial charge in [-0.25, -0.2) is 10.2 Å². The molecule has 0 bridgehead atoms. The van der Waals surface area contributed by atoms with Crippen molar-refractivity contribution in [3.05, 3.63) is 81.8 Å². The second-order valence-corrected chi connectivity index (χ2v) is 8.49. The molecule has 0 saturated heterocycles. The molecule has 0 spiro atoms. The van der Waals surface area contributed by atoms with Crippen LogP contribution >= 0.6 is 15.9 Å². The summed E-state index contributed by atoms with van der Waals surface area (Å²) < 4.78 is 22.0. The van der Waals surface area contributed by atoms with E-state index in [-0.39, 0.29) is 17.9 Å². The van der Waals surface area contributed by atoms with Crippen molar-refractivity contribution in [2.24, 2.45) is 5.10 Å². The molecule has 0 heterocycles. The van der Waals surface area contributed by atoms with Crippen LogP contribution in [0.4, 0.5) is 0 Å². The van der Waals surface area contributed by atoms with E-state index in [4.69, 9.17) is 18.9 Å². The topological polar surface area (TPSA) is 125 Å². The van der Waals surface area contributed by atoms with E-state index in [9.17, 15) is 14.4 Å². The molecule has 0 radical (unpaired) electrons. The third-order valence-electron chi connectivity index (χ3n) is 5.02. The monoisotopic (exact) mass is 583 g/mol. The minimum Gasteiger partial charge on any atom is -0.494 e. The maximum Gasteiger partial charge on any atom is 0.343 e. The summed E-state index contributed by atoms with van der Waals surface area (Å²) in [6, 6.07) is 16.2. The molecule has 0 aliphatic rings. The van der Waals surface area contributed by atoms with Crippen molar-refractivity contribution in [3.63, 3.8) is 0 Å². The zero-order valence-corrected chi connectivity index (χ0v) is 22.5. The average Bonchev–Trinajstić information content (AvgIpc) is 2.93. The van der Waals surface area contributed by atoms with Gasteiger partial charge in [-0.15, -0.1) is 0 Å². The van der Waals surface area contributed by atoms with Crippen molar-refractivity contribution in [2.75, 3.05) is 27.4 Å². The third kappa shape index (κ3) is 7.81. The average molecular weight is 584 g/mol. The predicted octanol–water partition coefficient (Wildman–Crippen LogP) is 3.96. The van der Waals surface area contributed by atoms with Gasteiger partial charge in [-0.1, -0.05) is 15.9 Å². The molecule has 3 aromatic carbocycles. The molecule has 11 heteroatoms. The van der Waals surface area contributed by atoms with Crippen LogP contribution in [0.2, 0.25) is 0 Å². The molecule has 38 heavy (non-hydrogen) atoms. The van der Waals surface area contributed by atoms with Gasteiger partial charge < -0.3 is 24.3 Å². The number of ether oxygens (including phenoxy) is 4. The molecule has 0 saturated carbocycles. The predicted molar refractivity (Wildman–Crippen MR) is 144 cm³/mol. The minimum absolute atomic E-state index is 0.217. The Morgan fingerprint density at radius 2 is 1.58 bits per heavy atom. The number of esters is 1. The van der Waals surface area contributed by atoms with E-state index >= 15 is 0 Å². The Balaban J connectivity index is 1.59. The van der Waals surface area contributed by atoms with E-state index in [1.807, 2.05) is 6.92 Å². The zero-order valence-electron chi connectivity index (χ0n) is 20.9. The molecule has 2 amide bonds. The second kappa shape index (κ2) is 13.8. The van der Waals surface area contributed by atoms with Gasteiger partial charge in [0.25, 0.3) is 11.8 Å². The van der Waals surface area contributed by atoms with E-state index in [1.165, 1.54) is 26.5 Å². The summed E-state index contributed by atoms with van der Waals surface area (Å²) in [5, 5.41) is 6.43. The minimum atomic E-state index is -0.621. The quantitative estimate of drug-likeness (QED) is 0.151. The fourth-order valence-corrected chi connectivity index (χ4v) is 3.56. The normalized spacial score (nSPS) is 10.5. The van der Waals surface area contributed by atoms with Crippen molar-refractivity contribution in [2.45, 2.75) is 6.92 Å². The number of hydrogen-bond donors (Lipinski definition) is 2. The fourth-order valence-electron chi connectivity index (χ4n) is 3.18. The molecule has 0 atom stereocenters. The number of nitrogens with zero attached hydrogens (tertiary/aromatic N) is 1. The maximum atomic E-state index is 12.7.